The molecule has 2 aromatic carbocycles. The van der Waals surface area contributed by atoms with Crippen molar-refractivity contribution in [3.05, 3.63) is 59.2 Å². The Bertz CT molecular complexity index is 736. The Morgan fingerprint density at radius 2 is 1.70 bits per heavy atom. The van der Waals surface area contributed by atoms with Crippen molar-refractivity contribution in [1.82, 2.24) is 0 Å². The monoisotopic (exact) mass is 310 g/mol. The molecule has 0 bridgehead atoms. The van der Waals surface area contributed by atoms with Gasteiger partial charge in [-0.15, -0.1) is 0 Å². The smallest absolute Gasteiger partial charge is 0.255 e. The number of aryl methyl sites for hydroxylation is 2. The number of rotatable bonds is 4. The largest absolute Gasteiger partial charge is 0.326 e. The van der Waals surface area contributed by atoms with Crippen molar-refractivity contribution < 1.29 is 9.59 Å². The highest BCUT2D eigenvalue weighted by atomic mass is 16.2. The number of carbonyl (C=O) groups is 2. The number of nitrogens with one attached hydrogen (secondary N) is 2. The number of carbonyl (C=O) groups excluding carboxylic acids is 2. The molecular weight excluding hydrogens is 288 g/mol. The lowest BCUT2D eigenvalue weighted by atomic mass is 10.1. The molecule has 2 aromatic rings. The van der Waals surface area contributed by atoms with Gasteiger partial charge in [-0.25, -0.2) is 0 Å². The van der Waals surface area contributed by atoms with Crippen molar-refractivity contribution in [1.29, 1.82) is 0 Å². The Hall–Kier alpha value is -2.62. The number of hydrogen-bond donors (Lipinski definition) is 2. The molecule has 0 saturated carbocycles. The fraction of sp³-hybridized carbons (Fsp3) is 0.263. The highest BCUT2D eigenvalue weighted by Gasteiger charge is 2.11. The average Bonchev–Trinajstić information content (AvgIpc) is 2.51. The zero-order valence-corrected chi connectivity index (χ0v) is 13.9. The van der Waals surface area contributed by atoms with Crippen molar-refractivity contribution in [2.24, 2.45) is 5.92 Å². The van der Waals surface area contributed by atoms with Crippen LogP contribution < -0.4 is 10.6 Å². The quantitative estimate of drug-likeness (QED) is 0.891. The molecule has 4 nitrogen and oxygen atoms in total. The van der Waals surface area contributed by atoms with Gasteiger partial charge in [-0.1, -0.05) is 32.0 Å². The number of anilines is 2. The zero-order chi connectivity index (χ0) is 17.0. The zero-order valence-electron chi connectivity index (χ0n) is 13.9. The van der Waals surface area contributed by atoms with Crippen molar-refractivity contribution in [3.8, 4) is 0 Å². The van der Waals surface area contributed by atoms with Gasteiger partial charge in [-0.05, 0) is 49.2 Å². The molecule has 2 amide bonds. The molecule has 0 aromatic heterocycles. The summed E-state index contributed by atoms with van der Waals surface area (Å²) in [4.78, 5) is 24.2. The summed E-state index contributed by atoms with van der Waals surface area (Å²) in [5.74, 6) is -0.376. The van der Waals surface area contributed by atoms with E-state index in [1.54, 1.807) is 24.3 Å². The summed E-state index contributed by atoms with van der Waals surface area (Å²) in [6.45, 7) is 7.59. The third-order valence-electron chi connectivity index (χ3n) is 3.56. The summed E-state index contributed by atoms with van der Waals surface area (Å²) >= 11 is 0. The van der Waals surface area contributed by atoms with Crippen LogP contribution in [-0.2, 0) is 4.79 Å². The lowest BCUT2D eigenvalue weighted by Crippen LogP contribution is -2.18. The SMILES string of the molecule is Cc1ccc(C)c(NC(=O)c2cccc(NC(=O)C(C)C)c2)c1. The number of amides is 2. The maximum absolute atomic E-state index is 12.4. The van der Waals surface area contributed by atoms with E-state index in [1.807, 2.05) is 45.9 Å². The van der Waals surface area contributed by atoms with Gasteiger partial charge < -0.3 is 10.6 Å². The Labute approximate surface area is 136 Å². The second kappa shape index (κ2) is 7.09. The maximum atomic E-state index is 12.4. The molecule has 0 aliphatic carbocycles. The van der Waals surface area contributed by atoms with Crippen LogP contribution in [0.1, 0.15) is 35.3 Å². The second-order valence-corrected chi connectivity index (χ2v) is 6.00. The summed E-state index contributed by atoms with van der Waals surface area (Å²) in [5, 5.41) is 5.72. The minimum atomic E-state index is -0.195. The molecule has 0 aliphatic rings. The minimum Gasteiger partial charge on any atom is -0.326 e. The van der Waals surface area contributed by atoms with Gasteiger partial charge in [-0.2, -0.15) is 0 Å². The lowest BCUT2D eigenvalue weighted by Gasteiger charge is -2.11. The van der Waals surface area contributed by atoms with Crippen LogP contribution in [0.5, 0.6) is 0 Å². The predicted molar refractivity (Wildman–Crippen MR) is 93.8 cm³/mol. The molecule has 0 heterocycles. The molecule has 0 atom stereocenters. The van der Waals surface area contributed by atoms with Crippen molar-refractivity contribution >= 4 is 23.2 Å². The normalized spacial score (nSPS) is 10.5. The first-order valence-electron chi connectivity index (χ1n) is 7.66. The second-order valence-electron chi connectivity index (χ2n) is 6.00. The molecule has 0 unspecified atom stereocenters. The maximum Gasteiger partial charge on any atom is 0.255 e. The van der Waals surface area contributed by atoms with Crippen LogP contribution in [0, 0.1) is 19.8 Å². The van der Waals surface area contributed by atoms with Crippen molar-refractivity contribution in [2.75, 3.05) is 10.6 Å². The molecule has 2 rings (SSSR count). The van der Waals surface area contributed by atoms with Gasteiger partial charge in [0.05, 0.1) is 0 Å². The fourth-order valence-corrected chi connectivity index (χ4v) is 2.09. The molecule has 0 fully saturated rings. The molecule has 0 saturated heterocycles. The highest BCUT2D eigenvalue weighted by molar-refractivity contribution is 6.05. The first kappa shape index (κ1) is 16.7. The minimum absolute atomic E-state index is 0.0721. The van der Waals surface area contributed by atoms with Gasteiger partial charge in [0.1, 0.15) is 0 Å². The molecular formula is C19H22N2O2. The predicted octanol–water partition coefficient (Wildman–Crippen LogP) is 4.15. The van der Waals surface area contributed by atoms with Crippen LogP contribution in [-0.4, -0.2) is 11.8 Å². The Morgan fingerprint density at radius 3 is 2.39 bits per heavy atom. The van der Waals surface area contributed by atoms with Gasteiger partial charge in [0.25, 0.3) is 5.91 Å². The number of benzene rings is 2. The average molecular weight is 310 g/mol. The molecule has 23 heavy (non-hydrogen) atoms. The summed E-state index contributed by atoms with van der Waals surface area (Å²) in [7, 11) is 0. The third kappa shape index (κ3) is 4.42. The third-order valence-corrected chi connectivity index (χ3v) is 3.56. The van der Waals surface area contributed by atoms with E-state index in [4.69, 9.17) is 0 Å². The van der Waals surface area contributed by atoms with Gasteiger partial charge in [0, 0.05) is 22.9 Å². The first-order valence-corrected chi connectivity index (χ1v) is 7.66. The van der Waals surface area contributed by atoms with E-state index in [0.29, 0.717) is 11.3 Å². The molecule has 120 valence electrons. The molecule has 0 spiro atoms. The van der Waals surface area contributed by atoms with Gasteiger partial charge in [0.15, 0.2) is 0 Å². The fourth-order valence-electron chi connectivity index (χ4n) is 2.09. The van der Waals surface area contributed by atoms with E-state index < -0.39 is 0 Å². The summed E-state index contributed by atoms with van der Waals surface area (Å²) in [6, 6.07) is 12.9. The summed E-state index contributed by atoms with van der Waals surface area (Å²) < 4.78 is 0. The van der Waals surface area contributed by atoms with Crippen LogP contribution in [0.2, 0.25) is 0 Å². The molecule has 2 N–H and O–H groups in total. The Kier molecular flexibility index (Phi) is 5.16. The van der Waals surface area contributed by atoms with E-state index in [-0.39, 0.29) is 17.7 Å². The Balaban J connectivity index is 2.16. The van der Waals surface area contributed by atoms with E-state index in [0.717, 1.165) is 16.8 Å². The standard InChI is InChI=1S/C19H22N2O2/c1-12(2)18(22)20-16-7-5-6-15(11-16)19(23)21-17-10-13(3)8-9-14(17)4/h5-12H,1-4H3,(H,20,22)(H,21,23). The van der Waals surface area contributed by atoms with Gasteiger partial charge in [0.2, 0.25) is 5.91 Å². The van der Waals surface area contributed by atoms with E-state index in [1.165, 1.54) is 0 Å². The molecule has 0 radical (unpaired) electrons. The van der Waals surface area contributed by atoms with Gasteiger partial charge >= 0.3 is 0 Å². The van der Waals surface area contributed by atoms with Crippen LogP contribution in [0.15, 0.2) is 42.5 Å². The van der Waals surface area contributed by atoms with Crippen molar-refractivity contribution in [2.45, 2.75) is 27.7 Å². The highest BCUT2D eigenvalue weighted by Crippen LogP contribution is 2.18. The van der Waals surface area contributed by atoms with Gasteiger partial charge in [-0.3, -0.25) is 9.59 Å². The molecule has 0 aliphatic heterocycles. The first-order chi connectivity index (χ1) is 10.9. The summed E-state index contributed by atoms with van der Waals surface area (Å²) in [5.41, 5.74) is 4.02. The number of hydrogen-bond acceptors (Lipinski definition) is 2. The van der Waals surface area contributed by atoms with Crippen molar-refractivity contribution in [3.63, 3.8) is 0 Å². The topological polar surface area (TPSA) is 58.2 Å². The summed E-state index contributed by atoms with van der Waals surface area (Å²) in [6.07, 6.45) is 0. The van der Waals surface area contributed by atoms with E-state index >= 15 is 0 Å². The Morgan fingerprint density at radius 1 is 0.957 bits per heavy atom. The van der Waals surface area contributed by atoms with E-state index in [2.05, 4.69) is 10.6 Å². The lowest BCUT2D eigenvalue weighted by molar-refractivity contribution is -0.118. The van der Waals surface area contributed by atoms with Crippen LogP contribution in [0.25, 0.3) is 0 Å². The van der Waals surface area contributed by atoms with Crippen LogP contribution >= 0.6 is 0 Å². The van der Waals surface area contributed by atoms with Crippen LogP contribution in [0.3, 0.4) is 0 Å². The van der Waals surface area contributed by atoms with Crippen LogP contribution in [0.4, 0.5) is 11.4 Å². The molecule has 4 heteroatoms. The van der Waals surface area contributed by atoms with E-state index in [9.17, 15) is 9.59 Å².